The first-order valence-corrected chi connectivity index (χ1v) is 8.88. The number of hydrogen-bond acceptors (Lipinski definition) is 6. The zero-order chi connectivity index (χ0) is 17.3. The Morgan fingerprint density at radius 1 is 1.38 bits per heavy atom. The number of nitrogen functional groups attached to an aromatic ring is 1. The van der Waals surface area contributed by atoms with Gasteiger partial charge in [-0.1, -0.05) is 0 Å². The van der Waals surface area contributed by atoms with E-state index in [1.54, 1.807) is 10.6 Å². The summed E-state index contributed by atoms with van der Waals surface area (Å²) in [5, 5.41) is 9.69. The topological polar surface area (TPSA) is 103 Å². The Balaban J connectivity index is 1.98. The molecule has 8 heteroatoms. The Morgan fingerprint density at radius 3 is 2.75 bits per heavy atom. The Bertz CT molecular complexity index is 800. The summed E-state index contributed by atoms with van der Waals surface area (Å²) in [5.74, 6) is 0.176. The molecule has 1 aliphatic rings. The normalized spacial score (nSPS) is 21.3. The molecule has 1 fully saturated rings. The zero-order valence-electron chi connectivity index (χ0n) is 13.5. The lowest BCUT2D eigenvalue weighted by Crippen LogP contribution is -2.31. The number of anilines is 1. The number of halogens is 1. The van der Waals surface area contributed by atoms with Gasteiger partial charge >= 0.3 is 0 Å². The average molecular weight is 397 g/mol. The van der Waals surface area contributed by atoms with Gasteiger partial charge in [-0.3, -0.25) is 9.36 Å². The third kappa shape index (κ3) is 3.31. The van der Waals surface area contributed by atoms with Crippen molar-refractivity contribution in [3.63, 3.8) is 0 Å². The van der Waals surface area contributed by atoms with E-state index in [9.17, 15) is 4.79 Å². The number of aryl methyl sites for hydroxylation is 1. The summed E-state index contributed by atoms with van der Waals surface area (Å²) in [6.07, 6.45) is 3.49. The first-order valence-electron chi connectivity index (χ1n) is 8.08. The van der Waals surface area contributed by atoms with Gasteiger partial charge in [0.2, 0.25) is 5.95 Å². The third-order valence-corrected chi connectivity index (χ3v) is 5.08. The molecule has 0 amide bonds. The number of hydrogen-bond donors (Lipinski definition) is 2. The van der Waals surface area contributed by atoms with Gasteiger partial charge in [-0.15, -0.1) is 0 Å². The minimum Gasteiger partial charge on any atom is -0.394 e. The first kappa shape index (κ1) is 17.3. The minimum atomic E-state index is -0.0975. The van der Waals surface area contributed by atoms with Crippen LogP contribution in [0.25, 0.3) is 11.0 Å². The van der Waals surface area contributed by atoms with E-state index in [-0.39, 0.29) is 30.3 Å². The number of nitrogens with zero attached hydrogens (tertiary/aromatic N) is 3. The van der Waals surface area contributed by atoms with Gasteiger partial charge in [0.15, 0.2) is 0 Å². The van der Waals surface area contributed by atoms with E-state index < -0.39 is 0 Å². The van der Waals surface area contributed by atoms with E-state index in [2.05, 4.69) is 25.9 Å². The maximum atomic E-state index is 12.7. The van der Waals surface area contributed by atoms with Crippen molar-refractivity contribution in [2.24, 2.45) is 0 Å². The number of nitrogens with two attached hydrogens (primary N) is 1. The Kier molecular flexibility index (Phi) is 5.17. The van der Waals surface area contributed by atoms with Crippen molar-refractivity contribution in [3.05, 3.63) is 26.6 Å². The van der Waals surface area contributed by atoms with Crippen LogP contribution in [0.15, 0.2) is 15.3 Å². The molecule has 2 heterocycles. The monoisotopic (exact) mass is 396 g/mol. The molecule has 0 radical (unpaired) electrons. The summed E-state index contributed by atoms with van der Waals surface area (Å²) in [5.41, 5.74) is 7.04. The molecule has 1 saturated carbocycles. The van der Waals surface area contributed by atoms with Crippen LogP contribution < -0.4 is 11.3 Å². The van der Waals surface area contributed by atoms with Crippen LogP contribution in [0.5, 0.6) is 0 Å². The Morgan fingerprint density at radius 2 is 2.08 bits per heavy atom. The van der Waals surface area contributed by atoms with Gasteiger partial charge in [0.1, 0.15) is 5.65 Å². The van der Waals surface area contributed by atoms with Crippen molar-refractivity contribution >= 4 is 32.9 Å². The maximum absolute atomic E-state index is 12.7. The van der Waals surface area contributed by atoms with E-state index in [0.29, 0.717) is 16.7 Å². The molecule has 0 bridgehead atoms. The van der Waals surface area contributed by atoms with Crippen LogP contribution in [0.4, 0.5) is 5.95 Å². The van der Waals surface area contributed by atoms with Gasteiger partial charge < -0.3 is 15.6 Å². The van der Waals surface area contributed by atoms with Crippen LogP contribution in [0.1, 0.15) is 37.4 Å². The largest absolute Gasteiger partial charge is 0.394 e. The van der Waals surface area contributed by atoms with Gasteiger partial charge in [-0.05, 0) is 54.6 Å². The number of ether oxygens (including phenoxy) is 1. The van der Waals surface area contributed by atoms with Gasteiger partial charge in [0.05, 0.1) is 29.5 Å². The molecular formula is C16H21BrN4O3. The van der Waals surface area contributed by atoms with Crippen molar-refractivity contribution in [2.75, 3.05) is 18.9 Å². The molecular weight excluding hydrogens is 376 g/mol. The second-order valence-electron chi connectivity index (χ2n) is 6.10. The molecule has 0 atom stereocenters. The number of aliphatic hydroxyl groups is 1. The van der Waals surface area contributed by atoms with Crippen LogP contribution in [0, 0.1) is 6.92 Å². The maximum Gasteiger partial charge on any atom is 0.266 e. The van der Waals surface area contributed by atoms with Crippen LogP contribution in [-0.4, -0.2) is 39.0 Å². The zero-order valence-corrected chi connectivity index (χ0v) is 15.1. The van der Waals surface area contributed by atoms with Crippen molar-refractivity contribution in [1.82, 2.24) is 14.5 Å². The van der Waals surface area contributed by atoms with Gasteiger partial charge in [-0.2, -0.15) is 4.98 Å². The van der Waals surface area contributed by atoms with E-state index >= 15 is 0 Å². The number of aromatic nitrogens is 3. The van der Waals surface area contributed by atoms with Crippen molar-refractivity contribution in [2.45, 2.75) is 44.8 Å². The van der Waals surface area contributed by atoms with Gasteiger partial charge in [0, 0.05) is 11.4 Å². The molecule has 0 saturated heterocycles. The summed E-state index contributed by atoms with van der Waals surface area (Å²) < 4.78 is 7.85. The molecule has 0 aliphatic heterocycles. The summed E-state index contributed by atoms with van der Waals surface area (Å²) in [4.78, 5) is 21.2. The fourth-order valence-electron chi connectivity index (χ4n) is 3.37. The van der Waals surface area contributed by atoms with Gasteiger partial charge in [0.25, 0.3) is 5.56 Å². The van der Waals surface area contributed by atoms with Crippen molar-refractivity contribution < 1.29 is 9.84 Å². The molecule has 2 aromatic rings. The van der Waals surface area contributed by atoms with Gasteiger partial charge in [-0.25, -0.2) is 4.98 Å². The Labute approximate surface area is 148 Å². The van der Waals surface area contributed by atoms with E-state index in [1.807, 2.05) is 6.92 Å². The standard InChI is InChI=1S/C16H21BrN4O3/c1-9-12-8-13(17)15(23)21(14(12)20-16(18)19-9)10-2-4-11(5-3-10)24-7-6-22/h8,10-11,22H,2-7H2,1H3,(H2,18,19,20). The summed E-state index contributed by atoms with van der Waals surface area (Å²) in [7, 11) is 0. The highest BCUT2D eigenvalue weighted by Gasteiger charge is 2.26. The summed E-state index contributed by atoms with van der Waals surface area (Å²) >= 11 is 3.36. The molecule has 0 aromatic carbocycles. The lowest BCUT2D eigenvalue weighted by atomic mass is 9.92. The van der Waals surface area contributed by atoms with E-state index in [4.69, 9.17) is 15.6 Å². The highest BCUT2D eigenvalue weighted by atomic mass is 79.9. The Hall–Kier alpha value is -1.51. The highest BCUT2D eigenvalue weighted by molar-refractivity contribution is 9.10. The van der Waals surface area contributed by atoms with E-state index in [1.165, 1.54) is 0 Å². The number of rotatable bonds is 4. The first-order chi connectivity index (χ1) is 11.5. The van der Waals surface area contributed by atoms with Crippen LogP contribution in [0.3, 0.4) is 0 Å². The summed E-state index contributed by atoms with van der Waals surface area (Å²) in [6, 6.07) is 1.82. The smallest absolute Gasteiger partial charge is 0.266 e. The third-order valence-electron chi connectivity index (χ3n) is 4.51. The quantitative estimate of drug-likeness (QED) is 0.818. The number of aliphatic hydroxyl groups excluding tert-OH is 1. The number of fused-ring (bicyclic) bond motifs is 1. The minimum absolute atomic E-state index is 0.0329. The molecule has 0 unspecified atom stereocenters. The predicted molar refractivity (Wildman–Crippen MR) is 95.0 cm³/mol. The molecule has 1 aliphatic carbocycles. The van der Waals surface area contributed by atoms with Crippen molar-refractivity contribution in [1.29, 1.82) is 0 Å². The number of pyridine rings is 1. The molecule has 7 nitrogen and oxygen atoms in total. The molecule has 24 heavy (non-hydrogen) atoms. The molecule has 0 spiro atoms. The lowest BCUT2D eigenvalue weighted by molar-refractivity contribution is 0.00166. The second kappa shape index (κ2) is 7.16. The summed E-state index contributed by atoms with van der Waals surface area (Å²) in [6.45, 7) is 2.25. The SMILES string of the molecule is Cc1nc(N)nc2c1cc(Br)c(=O)n2C1CCC(OCCO)CC1. The lowest BCUT2D eigenvalue weighted by Gasteiger charge is -2.30. The van der Waals surface area contributed by atoms with Crippen LogP contribution >= 0.6 is 15.9 Å². The fraction of sp³-hybridized carbons (Fsp3) is 0.562. The average Bonchev–Trinajstić information content (AvgIpc) is 2.56. The second-order valence-corrected chi connectivity index (χ2v) is 6.95. The molecule has 2 aromatic heterocycles. The molecule has 130 valence electrons. The van der Waals surface area contributed by atoms with Crippen molar-refractivity contribution in [3.8, 4) is 0 Å². The highest BCUT2D eigenvalue weighted by Crippen LogP contribution is 2.32. The molecule has 3 rings (SSSR count). The fourth-order valence-corrected chi connectivity index (χ4v) is 3.79. The van der Waals surface area contributed by atoms with E-state index in [0.717, 1.165) is 36.8 Å². The van der Waals surface area contributed by atoms with Crippen LogP contribution in [-0.2, 0) is 4.74 Å². The molecule has 3 N–H and O–H groups in total. The van der Waals surface area contributed by atoms with Crippen LogP contribution in [0.2, 0.25) is 0 Å². The predicted octanol–water partition coefficient (Wildman–Crippen LogP) is 1.94.